The minimum absolute atomic E-state index is 0.147. The fourth-order valence-electron chi connectivity index (χ4n) is 3.32. The third-order valence-corrected chi connectivity index (χ3v) is 6.08. The first kappa shape index (κ1) is 21.1. The number of hydrogen-bond acceptors (Lipinski definition) is 2. The maximum atomic E-state index is 12.6. The molecule has 1 aromatic heterocycles. The number of rotatable bonds is 7. The molecule has 0 aliphatic rings. The molecule has 4 heteroatoms. The number of fused-ring (bicyclic) bond motifs is 1. The number of amides is 1. The topological polar surface area (TPSA) is 34.4 Å². The summed E-state index contributed by atoms with van der Waals surface area (Å²) < 4.78 is 3.09. The number of nitrogens with zero attached hydrogens (tertiary/aromatic N) is 2. The maximum absolute atomic E-state index is 12.6. The van der Waals surface area contributed by atoms with Gasteiger partial charge in [-0.25, -0.2) is 0 Å². The lowest BCUT2D eigenvalue weighted by molar-refractivity contribution is -0.117. The smallest absolute Gasteiger partial charge is 0.252 e. The molecular weight excluding hydrogens is 376 g/mol. The highest BCUT2D eigenvalue weighted by molar-refractivity contribution is 7.16. The Bertz CT molecular complexity index is 1090. The van der Waals surface area contributed by atoms with E-state index in [4.69, 9.17) is 6.42 Å². The molecule has 0 fully saturated rings. The number of benzene rings is 2. The predicted octanol–water partition coefficient (Wildman–Crippen LogP) is 5.47. The van der Waals surface area contributed by atoms with Gasteiger partial charge in [-0.3, -0.25) is 4.79 Å². The van der Waals surface area contributed by atoms with Gasteiger partial charge in [-0.2, -0.15) is 4.99 Å². The Balaban J connectivity index is 1.89. The molecule has 0 saturated heterocycles. The quantitative estimate of drug-likeness (QED) is 0.481. The van der Waals surface area contributed by atoms with E-state index >= 15 is 0 Å². The Labute approximate surface area is 177 Å². The van der Waals surface area contributed by atoms with Crippen LogP contribution in [0.5, 0.6) is 0 Å². The molecule has 150 valence electrons. The zero-order valence-electron chi connectivity index (χ0n) is 17.4. The van der Waals surface area contributed by atoms with Crippen molar-refractivity contribution in [3.05, 3.63) is 64.0 Å². The van der Waals surface area contributed by atoms with Crippen molar-refractivity contribution >= 4 is 27.5 Å². The number of carbonyl (C=O) groups is 1. The average Bonchev–Trinajstić information content (AvgIpc) is 3.03. The van der Waals surface area contributed by atoms with Gasteiger partial charge in [-0.05, 0) is 47.6 Å². The van der Waals surface area contributed by atoms with E-state index in [2.05, 4.69) is 62.0 Å². The summed E-state index contributed by atoms with van der Waals surface area (Å²) in [6.45, 7) is 6.93. The first-order valence-electron chi connectivity index (χ1n) is 10.2. The summed E-state index contributed by atoms with van der Waals surface area (Å²) in [5.41, 5.74) is 4.61. The molecule has 3 nitrogen and oxygen atoms in total. The molecule has 0 radical (unpaired) electrons. The molecule has 0 unspecified atom stereocenters. The summed E-state index contributed by atoms with van der Waals surface area (Å²) in [6.07, 6.45) is 9.28. The van der Waals surface area contributed by atoms with Gasteiger partial charge < -0.3 is 4.57 Å². The third-order valence-electron chi connectivity index (χ3n) is 5.04. The van der Waals surface area contributed by atoms with E-state index in [0.29, 0.717) is 23.7 Å². The van der Waals surface area contributed by atoms with Gasteiger partial charge in [0.05, 0.1) is 23.2 Å². The van der Waals surface area contributed by atoms with Gasteiger partial charge >= 0.3 is 0 Å². The van der Waals surface area contributed by atoms with Crippen LogP contribution in [-0.4, -0.2) is 10.5 Å². The molecule has 0 aliphatic heterocycles. The molecule has 1 amide bonds. The Morgan fingerprint density at radius 1 is 1.17 bits per heavy atom. The van der Waals surface area contributed by atoms with Crippen LogP contribution >= 0.6 is 11.3 Å². The Morgan fingerprint density at radius 2 is 1.90 bits per heavy atom. The van der Waals surface area contributed by atoms with E-state index in [1.54, 1.807) is 0 Å². The van der Waals surface area contributed by atoms with Crippen LogP contribution in [0.4, 0.5) is 0 Å². The first-order chi connectivity index (χ1) is 14.0. The highest BCUT2D eigenvalue weighted by Crippen LogP contribution is 2.21. The second-order valence-corrected chi connectivity index (χ2v) is 8.67. The SMILES string of the molecule is C#CCn1c(=NC(=O)Cc2ccc(C(C)C)cc2)sc2cc(CCCC)ccc21. The van der Waals surface area contributed by atoms with Crippen LogP contribution in [0.3, 0.4) is 0 Å². The van der Waals surface area contributed by atoms with Crippen LogP contribution in [-0.2, 0) is 24.2 Å². The van der Waals surface area contributed by atoms with E-state index in [9.17, 15) is 4.79 Å². The lowest BCUT2D eigenvalue weighted by atomic mass is 10.0. The summed E-state index contributed by atoms with van der Waals surface area (Å²) in [6, 6.07) is 14.7. The summed E-state index contributed by atoms with van der Waals surface area (Å²) in [5, 5.41) is 0. The molecule has 0 bridgehead atoms. The normalized spacial score (nSPS) is 11.9. The number of terminal acetylenes is 1. The second kappa shape index (κ2) is 9.71. The molecule has 0 N–H and O–H groups in total. The van der Waals surface area contributed by atoms with Crippen molar-refractivity contribution in [1.29, 1.82) is 0 Å². The van der Waals surface area contributed by atoms with Gasteiger partial charge in [0.1, 0.15) is 0 Å². The second-order valence-electron chi connectivity index (χ2n) is 7.66. The van der Waals surface area contributed by atoms with Gasteiger partial charge in [0.2, 0.25) is 0 Å². The van der Waals surface area contributed by atoms with Crippen molar-refractivity contribution in [2.45, 2.75) is 58.9 Å². The summed E-state index contributed by atoms with van der Waals surface area (Å²) in [7, 11) is 0. The molecule has 0 spiro atoms. The van der Waals surface area contributed by atoms with Crippen molar-refractivity contribution in [2.24, 2.45) is 4.99 Å². The van der Waals surface area contributed by atoms with E-state index < -0.39 is 0 Å². The highest BCUT2D eigenvalue weighted by atomic mass is 32.1. The minimum atomic E-state index is -0.147. The van der Waals surface area contributed by atoms with Crippen LogP contribution < -0.4 is 4.80 Å². The van der Waals surface area contributed by atoms with Gasteiger partial charge in [-0.15, -0.1) is 6.42 Å². The van der Waals surface area contributed by atoms with Crippen molar-refractivity contribution in [3.63, 3.8) is 0 Å². The Hall–Kier alpha value is -2.64. The third kappa shape index (κ3) is 5.25. The number of thiazole rings is 1. The van der Waals surface area contributed by atoms with Gasteiger partial charge in [0.15, 0.2) is 4.80 Å². The van der Waals surface area contributed by atoms with Gasteiger partial charge in [0, 0.05) is 0 Å². The molecule has 0 saturated carbocycles. The number of aryl methyl sites for hydroxylation is 1. The molecule has 0 atom stereocenters. The molecule has 3 aromatic rings. The lowest BCUT2D eigenvalue weighted by Crippen LogP contribution is -2.17. The fraction of sp³-hybridized carbons (Fsp3) is 0.360. The van der Waals surface area contributed by atoms with Crippen LogP contribution in [0.15, 0.2) is 47.5 Å². The van der Waals surface area contributed by atoms with Crippen molar-refractivity contribution in [1.82, 2.24) is 4.57 Å². The molecule has 29 heavy (non-hydrogen) atoms. The number of carbonyl (C=O) groups excluding carboxylic acids is 1. The largest absolute Gasteiger partial charge is 0.305 e. The lowest BCUT2D eigenvalue weighted by Gasteiger charge is -2.05. The van der Waals surface area contributed by atoms with E-state index in [1.807, 2.05) is 16.7 Å². The van der Waals surface area contributed by atoms with Gasteiger partial charge in [0.25, 0.3) is 5.91 Å². The van der Waals surface area contributed by atoms with E-state index in [0.717, 1.165) is 22.2 Å². The highest BCUT2D eigenvalue weighted by Gasteiger charge is 2.09. The van der Waals surface area contributed by atoms with Crippen LogP contribution in [0.2, 0.25) is 0 Å². The Kier molecular flexibility index (Phi) is 7.06. The zero-order valence-corrected chi connectivity index (χ0v) is 18.3. The monoisotopic (exact) mass is 404 g/mol. The Morgan fingerprint density at radius 3 is 2.55 bits per heavy atom. The minimum Gasteiger partial charge on any atom is -0.305 e. The van der Waals surface area contributed by atoms with E-state index in [1.165, 1.54) is 35.3 Å². The molecule has 1 heterocycles. The molecule has 0 aliphatic carbocycles. The standard InChI is InChI=1S/C25H28N2OS/c1-5-7-8-19-11-14-22-23(16-19)29-25(27(22)15-6-2)26-24(28)17-20-9-12-21(13-10-20)18(3)4/h2,9-14,16,18H,5,7-8,15,17H2,1,3-4H3. The fourth-order valence-corrected chi connectivity index (χ4v) is 4.44. The van der Waals surface area contributed by atoms with Crippen LogP contribution in [0, 0.1) is 12.3 Å². The first-order valence-corrected chi connectivity index (χ1v) is 11.1. The van der Waals surface area contributed by atoms with Crippen LogP contribution in [0.25, 0.3) is 10.2 Å². The summed E-state index contributed by atoms with van der Waals surface area (Å²) in [5.74, 6) is 3.02. The van der Waals surface area contributed by atoms with Gasteiger partial charge in [-0.1, -0.05) is 74.8 Å². The van der Waals surface area contributed by atoms with Crippen molar-refractivity contribution in [2.75, 3.05) is 0 Å². The molecule has 3 rings (SSSR count). The van der Waals surface area contributed by atoms with Crippen molar-refractivity contribution < 1.29 is 4.79 Å². The average molecular weight is 405 g/mol. The predicted molar refractivity (Wildman–Crippen MR) is 122 cm³/mol. The van der Waals surface area contributed by atoms with Crippen LogP contribution in [0.1, 0.15) is 56.2 Å². The molecular formula is C25H28N2OS. The maximum Gasteiger partial charge on any atom is 0.252 e. The summed E-state index contributed by atoms with van der Waals surface area (Å²) in [4.78, 5) is 17.7. The number of hydrogen-bond donors (Lipinski definition) is 0. The van der Waals surface area contributed by atoms with E-state index in [-0.39, 0.29) is 5.91 Å². The number of aromatic nitrogens is 1. The zero-order chi connectivity index (χ0) is 20.8. The summed E-state index contributed by atoms with van der Waals surface area (Å²) >= 11 is 1.54. The molecule has 2 aromatic carbocycles. The van der Waals surface area contributed by atoms with Crippen molar-refractivity contribution in [3.8, 4) is 12.3 Å². The number of unbranched alkanes of at least 4 members (excludes halogenated alkanes) is 1.